The Balaban J connectivity index is 0.00000172. The zero-order valence-electron chi connectivity index (χ0n) is 13.7. The molecule has 20 heavy (non-hydrogen) atoms. The molecule has 0 spiro atoms. The number of nitrogens with zero attached hydrogens (tertiary/aromatic N) is 3. The smallest absolute Gasteiger partial charge is 0.235 e. The minimum atomic E-state index is -1.33. The van der Waals surface area contributed by atoms with Gasteiger partial charge in [0.1, 0.15) is 0 Å². The van der Waals surface area contributed by atoms with E-state index < -0.39 is 7.05 Å². The van der Waals surface area contributed by atoms with Gasteiger partial charge >= 0.3 is 0 Å². The lowest BCUT2D eigenvalue weighted by atomic mass is 10.1. The van der Waals surface area contributed by atoms with Crippen LogP contribution in [-0.4, -0.2) is 63.4 Å². The van der Waals surface area contributed by atoms with Crippen LogP contribution in [0, 0.1) is 0 Å². The third-order valence-electron chi connectivity index (χ3n) is 2.63. The number of hydrazine groups is 1. The molecular formula is C13H30N5OP. The molecule has 6 nitrogen and oxygen atoms in total. The molecule has 2 N–H and O–H groups in total. The zero-order chi connectivity index (χ0) is 15.6. The highest BCUT2D eigenvalue weighted by Crippen LogP contribution is 2.35. The second-order valence-corrected chi connectivity index (χ2v) is 9.50. The van der Waals surface area contributed by atoms with Crippen molar-refractivity contribution in [2.45, 2.75) is 32.7 Å². The summed E-state index contributed by atoms with van der Waals surface area (Å²) in [5, 5.41) is 0. The SMILES string of the molecule is CC.CN1CCC(N=C(N=P(C)(C)C)NNC=O)CC1. The first kappa shape index (κ1) is 19.1. The molecule has 0 atom stereocenters. The number of likely N-dealkylation sites (tertiary alicyclic amines) is 1. The van der Waals surface area contributed by atoms with Gasteiger partial charge < -0.3 is 4.90 Å². The molecular weight excluding hydrogens is 273 g/mol. The van der Waals surface area contributed by atoms with E-state index in [0.29, 0.717) is 18.4 Å². The van der Waals surface area contributed by atoms with E-state index in [1.807, 2.05) is 13.8 Å². The number of nitrogens with one attached hydrogen (secondary N) is 2. The highest BCUT2D eigenvalue weighted by atomic mass is 31.2. The number of hydrogen-bond donors (Lipinski definition) is 2. The van der Waals surface area contributed by atoms with Gasteiger partial charge in [-0.3, -0.25) is 15.6 Å². The Bertz CT molecular complexity index is 348. The largest absolute Gasteiger partial charge is 0.306 e. The van der Waals surface area contributed by atoms with Crippen LogP contribution in [-0.2, 0) is 4.79 Å². The van der Waals surface area contributed by atoms with Crippen molar-refractivity contribution in [3.05, 3.63) is 0 Å². The van der Waals surface area contributed by atoms with E-state index in [2.05, 4.69) is 52.5 Å². The average molecular weight is 303 g/mol. The lowest BCUT2D eigenvalue weighted by Crippen LogP contribution is -2.38. The van der Waals surface area contributed by atoms with E-state index in [0.717, 1.165) is 25.9 Å². The van der Waals surface area contributed by atoms with Gasteiger partial charge in [-0.15, -0.1) is 0 Å². The highest BCUT2D eigenvalue weighted by Gasteiger charge is 2.16. The first-order chi connectivity index (χ1) is 9.40. The van der Waals surface area contributed by atoms with Gasteiger partial charge in [0.2, 0.25) is 12.4 Å². The van der Waals surface area contributed by atoms with E-state index in [4.69, 9.17) is 0 Å². The maximum atomic E-state index is 10.3. The quantitative estimate of drug-likeness (QED) is 0.275. The van der Waals surface area contributed by atoms with Gasteiger partial charge in [-0.1, -0.05) is 13.8 Å². The van der Waals surface area contributed by atoms with Crippen LogP contribution in [0.25, 0.3) is 0 Å². The second kappa shape index (κ2) is 9.94. The highest BCUT2D eigenvalue weighted by molar-refractivity contribution is 7.64. The summed E-state index contributed by atoms with van der Waals surface area (Å²) in [5.41, 5.74) is 5.19. The Morgan fingerprint density at radius 1 is 1.25 bits per heavy atom. The van der Waals surface area contributed by atoms with Crippen LogP contribution < -0.4 is 10.9 Å². The van der Waals surface area contributed by atoms with E-state index >= 15 is 0 Å². The van der Waals surface area contributed by atoms with Crippen molar-refractivity contribution in [3.63, 3.8) is 0 Å². The standard InChI is InChI=1S/C11H24N5OP.C2H6/c1-16-7-5-10(6-8-16)13-11(14-12-9-17)15-18(2,3)4;1-2/h9-10H,5-8H2,1-4H3,(H,12,17)(H,13,14);1-2H3. The van der Waals surface area contributed by atoms with E-state index in [1.54, 1.807) is 0 Å². The van der Waals surface area contributed by atoms with Gasteiger partial charge in [0.15, 0.2) is 0 Å². The predicted molar refractivity (Wildman–Crippen MR) is 88.8 cm³/mol. The number of rotatable bonds is 3. The number of carbonyl (C=O) groups is 1. The molecule has 1 saturated heterocycles. The fourth-order valence-corrected chi connectivity index (χ4v) is 2.43. The third kappa shape index (κ3) is 9.10. The molecule has 0 aliphatic carbocycles. The lowest BCUT2D eigenvalue weighted by molar-refractivity contribution is -0.110. The van der Waals surface area contributed by atoms with Crippen molar-refractivity contribution in [3.8, 4) is 0 Å². The van der Waals surface area contributed by atoms with Crippen LogP contribution in [0.15, 0.2) is 9.74 Å². The molecule has 118 valence electrons. The Hall–Kier alpha value is -0.870. The van der Waals surface area contributed by atoms with Crippen molar-refractivity contribution in [1.29, 1.82) is 0 Å². The molecule has 1 amide bonds. The summed E-state index contributed by atoms with van der Waals surface area (Å²) >= 11 is 0. The Morgan fingerprint density at radius 3 is 2.25 bits per heavy atom. The van der Waals surface area contributed by atoms with Crippen LogP contribution in [0.3, 0.4) is 0 Å². The summed E-state index contributed by atoms with van der Waals surface area (Å²) in [4.78, 5) is 17.3. The van der Waals surface area contributed by atoms with Crippen molar-refractivity contribution in [1.82, 2.24) is 15.8 Å². The van der Waals surface area contributed by atoms with Gasteiger partial charge in [0, 0.05) is 0 Å². The molecule has 0 radical (unpaired) electrons. The second-order valence-electron chi connectivity index (χ2n) is 5.42. The molecule has 0 saturated carbocycles. The van der Waals surface area contributed by atoms with Gasteiger partial charge in [0.05, 0.1) is 6.04 Å². The first-order valence-corrected chi connectivity index (χ1v) is 10.3. The van der Waals surface area contributed by atoms with Crippen LogP contribution in [0.5, 0.6) is 0 Å². The lowest BCUT2D eigenvalue weighted by Gasteiger charge is -2.26. The number of piperidine rings is 1. The summed E-state index contributed by atoms with van der Waals surface area (Å²) in [6.45, 7) is 12.5. The van der Waals surface area contributed by atoms with Gasteiger partial charge in [0.25, 0.3) is 0 Å². The molecule has 0 aromatic rings. The van der Waals surface area contributed by atoms with Crippen LogP contribution >= 0.6 is 7.05 Å². The number of carbonyl (C=O) groups excluding carboxylic acids is 1. The molecule has 0 bridgehead atoms. The maximum absolute atomic E-state index is 10.3. The number of aliphatic imine (C=N–C) groups is 1. The monoisotopic (exact) mass is 303 g/mol. The maximum Gasteiger partial charge on any atom is 0.235 e. The fourth-order valence-electron chi connectivity index (χ4n) is 1.76. The van der Waals surface area contributed by atoms with Crippen LogP contribution in [0.2, 0.25) is 0 Å². The van der Waals surface area contributed by atoms with Crippen molar-refractivity contribution in [2.75, 3.05) is 40.1 Å². The molecule has 7 heteroatoms. The van der Waals surface area contributed by atoms with Crippen molar-refractivity contribution >= 4 is 19.4 Å². The van der Waals surface area contributed by atoms with Crippen LogP contribution in [0.4, 0.5) is 0 Å². The Morgan fingerprint density at radius 2 is 1.80 bits per heavy atom. The summed E-state index contributed by atoms with van der Waals surface area (Å²) in [6.07, 6.45) is 2.68. The third-order valence-corrected chi connectivity index (χ3v) is 3.42. The summed E-state index contributed by atoms with van der Waals surface area (Å²) in [7, 11) is 0.797. The number of guanidine groups is 1. The average Bonchev–Trinajstić information content (AvgIpc) is 2.39. The van der Waals surface area contributed by atoms with Crippen molar-refractivity contribution in [2.24, 2.45) is 9.74 Å². The number of amides is 1. The summed E-state index contributed by atoms with van der Waals surface area (Å²) in [6, 6.07) is 0.299. The summed E-state index contributed by atoms with van der Waals surface area (Å²) < 4.78 is 4.57. The molecule has 1 fully saturated rings. The molecule has 1 heterocycles. The minimum absolute atomic E-state index is 0.299. The topological polar surface area (TPSA) is 69.1 Å². The molecule has 1 aliphatic rings. The molecule has 0 aromatic carbocycles. The predicted octanol–water partition coefficient (Wildman–Crippen LogP) is 1.80. The molecule has 1 aliphatic heterocycles. The molecule has 0 aromatic heterocycles. The van der Waals surface area contributed by atoms with E-state index in [1.165, 1.54) is 0 Å². The number of hydrogen-bond acceptors (Lipinski definition) is 3. The zero-order valence-corrected chi connectivity index (χ0v) is 14.6. The Kier molecular flexibility index (Phi) is 9.51. The fraction of sp³-hybridized carbons (Fsp3) is 0.846. The van der Waals surface area contributed by atoms with E-state index in [-0.39, 0.29) is 0 Å². The normalized spacial score (nSPS) is 17.8. The molecule has 0 unspecified atom stereocenters. The molecule has 1 rings (SSSR count). The van der Waals surface area contributed by atoms with Gasteiger partial charge in [-0.2, -0.15) is 0 Å². The van der Waals surface area contributed by atoms with Gasteiger partial charge in [-0.25, -0.2) is 9.74 Å². The minimum Gasteiger partial charge on any atom is -0.306 e. The van der Waals surface area contributed by atoms with E-state index in [9.17, 15) is 4.79 Å². The summed E-state index contributed by atoms with van der Waals surface area (Å²) in [5.74, 6) is 0.553. The van der Waals surface area contributed by atoms with Crippen LogP contribution in [0.1, 0.15) is 26.7 Å². The Labute approximate surface area is 123 Å². The van der Waals surface area contributed by atoms with Crippen molar-refractivity contribution < 1.29 is 4.79 Å². The first-order valence-electron chi connectivity index (χ1n) is 7.17. The van der Waals surface area contributed by atoms with Gasteiger partial charge in [-0.05, 0) is 60.0 Å².